The Balaban J connectivity index is 1.49. The van der Waals surface area contributed by atoms with Gasteiger partial charge in [0, 0.05) is 35.8 Å². The van der Waals surface area contributed by atoms with E-state index in [1.807, 2.05) is 24.3 Å². The van der Waals surface area contributed by atoms with E-state index in [1.54, 1.807) is 12.1 Å². The summed E-state index contributed by atoms with van der Waals surface area (Å²) >= 11 is 5.99. The van der Waals surface area contributed by atoms with Crippen LogP contribution in [0.25, 0.3) is 0 Å². The first-order valence-corrected chi connectivity index (χ1v) is 12.2. The molecule has 0 radical (unpaired) electrons. The molecule has 10 heteroatoms. The Morgan fingerprint density at radius 3 is 2.64 bits per heavy atom. The van der Waals surface area contributed by atoms with Crippen LogP contribution in [0.2, 0.25) is 5.02 Å². The van der Waals surface area contributed by atoms with E-state index in [-0.39, 0.29) is 30.0 Å². The Hall–Kier alpha value is -2.75. The van der Waals surface area contributed by atoms with Gasteiger partial charge >= 0.3 is 0 Å². The van der Waals surface area contributed by atoms with E-state index in [0.717, 1.165) is 24.6 Å². The fourth-order valence-corrected chi connectivity index (χ4v) is 5.09. The molecular weight excluding hydrogens is 472 g/mol. The predicted molar refractivity (Wildman–Crippen MR) is 122 cm³/mol. The largest absolute Gasteiger partial charge is 0.490 e. The van der Waals surface area contributed by atoms with E-state index in [1.165, 1.54) is 12.3 Å². The zero-order chi connectivity index (χ0) is 23.4. The van der Waals surface area contributed by atoms with Crippen molar-refractivity contribution in [2.24, 2.45) is 5.92 Å². The van der Waals surface area contributed by atoms with Crippen LogP contribution in [0, 0.1) is 17.6 Å². The van der Waals surface area contributed by atoms with E-state index in [4.69, 9.17) is 16.3 Å². The van der Waals surface area contributed by atoms with Crippen LogP contribution >= 0.6 is 11.6 Å². The molecule has 2 aromatic carbocycles. The zero-order valence-corrected chi connectivity index (χ0v) is 19.0. The first kappa shape index (κ1) is 23.4. The third-order valence-electron chi connectivity index (χ3n) is 5.54. The smallest absolute Gasteiger partial charge is 0.266 e. The number of anilines is 1. The lowest BCUT2D eigenvalue weighted by Gasteiger charge is -2.32. The molecule has 1 aliphatic heterocycles. The van der Waals surface area contributed by atoms with Crippen molar-refractivity contribution >= 4 is 27.4 Å². The van der Waals surface area contributed by atoms with Crippen molar-refractivity contribution in [2.45, 2.75) is 17.2 Å². The van der Waals surface area contributed by atoms with Crippen LogP contribution in [0.1, 0.15) is 17.9 Å². The normalized spacial score (nSPS) is 18.6. The van der Waals surface area contributed by atoms with Crippen LogP contribution < -0.4 is 14.8 Å². The van der Waals surface area contributed by atoms with Gasteiger partial charge in [-0.2, -0.15) is 0 Å². The average molecular weight is 494 g/mol. The van der Waals surface area contributed by atoms with Gasteiger partial charge in [0.1, 0.15) is 16.5 Å². The highest BCUT2D eigenvalue weighted by atomic mass is 35.5. The number of aromatic nitrogens is 1. The first-order chi connectivity index (χ1) is 15.8. The summed E-state index contributed by atoms with van der Waals surface area (Å²) in [6.45, 7) is 1.62. The number of piperidine rings is 1. The number of nitrogens with zero attached hydrogens (tertiary/aromatic N) is 1. The summed E-state index contributed by atoms with van der Waals surface area (Å²) in [5.41, 5.74) is 1.10. The molecule has 1 unspecified atom stereocenters. The van der Waals surface area contributed by atoms with E-state index in [2.05, 4.69) is 15.0 Å². The van der Waals surface area contributed by atoms with E-state index in [0.29, 0.717) is 17.6 Å². The molecule has 0 bridgehead atoms. The summed E-state index contributed by atoms with van der Waals surface area (Å²) in [5.74, 6) is -2.26. The molecule has 1 aliphatic rings. The monoisotopic (exact) mass is 493 g/mol. The van der Waals surface area contributed by atoms with E-state index in [9.17, 15) is 17.2 Å². The van der Waals surface area contributed by atoms with Crippen LogP contribution in [-0.2, 0) is 10.0 Å². The number of ether oxygens (including phenoxy) is 1. The number of benzene rings is 2. The molecule has 4 rings (SSSR count). The minimum atomic E-state index is -4.37. The number of hydrogen-bond donors (Lipinski definition) is 2. The molecule has 0 aliphatic carbocycles. The lowest BCUT2D eigenvalue weighted by atomic mass is 9.81. The van der Waals surface area contributed by atoms with Crippen molar-refractivity contribution in [3.8, 4) is 5.75 Å². The van der Waals surface area contributed by atoms with Gasteiger partial charge in [0.2, 0.25) is 0 Å². The molecule has 2 heterocycles. The molecule has 3 aromatic rings. The first-order valence-electron chi connectivity index (χ1n) is 10.4. The fraction of sp³-hybridized carbons (Fsp3) is 0.261. The third-order valence-corrected chi connectivity index (χ3v) is 7.16. The topological polar surface area (TPSA) is 80.3 Å². The Labute approximate surface area is 196 Å². The summed E-state index contributed by atoms with van der Waals surface area (Å²) in [6, 6.07) is 13.5. The number of sulfonamides is 1. The van der Waals surface area contributed by atoms with Crippen molar-refractivity contribution in [1.82, 2.24) is 10.3 Å². The number of hydrogen-bond acceptors (Lipinski definition) is 5. The predicted octanol–water partition coefficient (Wildman–Crippen LogP) is 4.59. The van der Waals surface area contributed by atoms with Gasteiger partial charge in [-0.1, -0.05) is 29.8 Å². The van der Waals surface area contributed by atoms with Gasteiger partial charge in [-0.05, 0) is 48.7 Å². The van der Waals surface area contributed by atoms with Gasteiger partial charge in [-0.25, -0.2) is 22.2 Å². The van der Waals surface area contributed by atoms with E-state index >= 15 is 0 Å². The van der Waals surface area contributed by atoms with Crippen LogP contribution in [0.4, 0.5) is 14.6 Å². The molecule has 6 nitrogen and oxygen atoms in total. The van der Waals surface area contributed by atoms with Gasteiger partial charge < -0.3 is 10.1 Å². The van der Waals surface area contributed by atoms with Crippen molar-refractivity contribution in [3.05, 3.63) is 83.0 Å². The molecule has 1 fully saturated rings. The van der Waals surface area contributed by atoms with Crippen LogP contribution in [-0.4, -0.2) is 33.1 Å². The molecule has 0 saturated carbocycles. The van der Waals surface area contributed by atoms with Crippen LogP contribution in [0.15, 0.2) is 65.7 Å². The molecule has 174 valence electrons. The van der Waals surface area contributed by atoms with Crippen molar-refractivity contribution in [2.75, 3.05) is 24.4 Å². The zero-order valence-electron chi connectivity index (χ0n) is 17.5. The highest BCUT2D eigenvalue weighted by molar-refractivity contribution is 7.92. The Kier molecular flexibility index (Phi) is 7.11. The molecule has 0 amide bonds. The lowest BCUT2D eigenvalue weighted by Crippen LogP contribution is -2.38. The number of nitrogens with one attached hydrogen (secondary N) is 2. The minimum absolute atomic E-state index is 0.00401. The molecule has 0 spiro atoms. The summed E-state index contributed by atoms with van der Waals surface area (Å²) in [7, 11) is -4.37. The number of pyridine rings is 1. The van der Waals surface area contributed by atoms with Gasteiger partial charge in [0.05, 0.1) is 6.61 Å². The SMILES string of the molecule is O=S(=O)(Nc1ccccn1)c1cc(F)c(OC[C@@H]2CNCCC2c2ccc(Cl)cc2)cc1F. The highest BCUT2D eigenvalue weighted by Gasteiger charge is 2.28. The molecule has 33 heavy (non-hydrogen) atoms. The quantitative estimate of drug-likeness (QED) is 0.503. The standard InChI is InChI=1S/C23H22ClF2N3O3S/c24-17-6-4-15(5-7-17)18-8-10-27-13-16(18)14-32-21-11-20(26)22(12-19(21)25)33(30,31)29-23-3-1-2-9-28-23/h1-7,9,11-12,16,18,27H,8,10,13-14H2,(H,28,29)/t16-,18?/m0/s1. The summed E-state index contributed by atoms with van der Waals surface area (Å²) in [6.07, 6.45) is 2.24. The highest BCUT2D eigenvalue weighted by Crippen LogP contribution is 2.33. The van der Waals surface area contributed by atoms with Crippen molar-refractivity contribution in [1.29, 1.82) is 0 Å². The number of rotatable bonds is 7. The van der Waals surface area contributed by atoms with Crippen LogP contribution in [0.5, 0.6) is 5.75 Å². The Bertz CT molecular complexity index is 1210. The van der Waals surface area contributed by atoms with Gasteiger partial charge in [0.15, 0.2) is 11.6 Å². The lowest BCUT2D eigenvalue weighted by molar-refractivity contribution is 0.190. The summed E-state index contributed by atoms with van der Waals surface area (Å²) < 4.78 is 62.1. The second kappa shape index (κ2) is 10.0. The number of halogens is 3. The molecule has 2 atom stereocenters. The van der Waals surface area contributed by atoms with Gasteiger partial charge in [0.25, 0.3) is 10.0 Å². The molecule has 2 N–H and O–H groups in total. The molecule has 1 saturated heterocycles. The average Bonchev–Trinajstić information content (AvgIpc) is 2.80. The minimum Gasteiger partial charge on any atom is -0.490 e. The third kappa shape index (κ3) is 5.61. The van der Waals surface area contributed by atoms with Gasteiger partial charge in [-0.15, -0.1) is 0 Å². The van der Waals surface area contributed by atoms with E-state index < -0.39 is 26.6 Å². The summed E-state index contributed by atoms with van der Waals surface area (Å²) in [5, 5.41) is 3.94. The Morgan fingerprint density at radius 1 is 1.12 bits per heavy atom. The maximum atomic E-state index is 14.7. The molecular formula is C23H22ClF2N3O3S. The van der Waals surface area contributed by atoms with Crippen molar-refractivity contribution in [3.63, 3.8) is 0 Å². The second-order valence-corrected chi connectivity index (χ2v) is 9.84. The fourth-order valence-electron chi connectivity index (χ4n) is 3.89. The maximum Gasteiger partial charge on any atom is 0.266 e. The van der Waals surface area contributed by atoms with Gasteiger partial charge in [-0.3, -0.25) is 4.72 Å². The summed E-state index contributed by atoms with van der Waals surface area (Å²) in [4.78, 5) is 3.01. The Morgan fingerprint density at radius 2 is 1.91 bits per heavy atom. The van der Waals surface area contributed by atoms with Crippen molar-refractivity contribution < 1.29 is 21.9 Å². The molecule has 1 aromatic heterocycles. The van der Waals surface area contributed by atoms with Crippen LogP contribution in [0.3, 0.4) is 0 Å². The second-order valence-electron chi connectivity index (χ2n) is 7.76. The maximum absolute atomic E-state index is 14.7.